The molecule has 3 nitrogen and oxygen atoms in total. The predicted molar refractivity (Wildman–Crippen MR) is 49.5 cm³/mol. The molecule has 2 fully saturated rings. The number of likely N-dealkylation sites (tertiary alicyclic amines) is 1. The summed E-state index contributed by atoms with van der Waals surface area (Å²) in [5.74, 6) is 0.0487. The third-order valence-corrected chi connectivity index (χ3v) is 3.12. The number of carbonyl (C=O) groups is 1. The third kappa shape index (κ3) is 1.91. The van der Waals surface area contributed by atoms with Gasteiger partial charge in [-0.3, -0.25) is 4.90 Å². The number of piperidine rings is 1. The van der Waals surface area contributed by atoms with Gasteiger partial charge in [0.2, 0.25) is 0 Å². The number of nitrogens with zero attached hydrogens (tertiary/aromatic N) is 1. The molecule has 1 aliphatic heterocycles. The molecule has 1 aliphatic carbocycles. The molecule has 1 N–H and O–H groups in total. The highest BCUT2D eigenvalue weighted by molar-refractivity contribution is 5.79. The van der Waals surface area contributed by atoms with Gasteiger partial charge in [0.05, 0.1) is 0 Å². The van der Waals surface area contributed by atoms with Crippen LogP contribution >= 0.6 is 0 Å². The van der Waals surface area contributed by atoms with Crippen molar-refractivity contribution in [2.75, 3.05) is 13.1 Å². The Labute approximate surface area is 78.0 Å². The van der Waals surface area contributed by atoms with E-state index >= 15 is 0 Å². The van der Waals surface area contributed by atoms with Crippen LogP contribution in [-0.4, -0.2) is 35.1 Å². The Morgan fingerprint density at radius 1 is 1.54 bits per heavy atom. The van der Waals surface area contributed by atoms with E-state index in [1.54, 1.807) is 6.08 Å². The molecule has 0 aromatic rings. The normalized spacial score (nSPS) is 33.2. The van der Waals surface area contributed by atoms with E-state index in [1.807, 2.05) is 0 Å². The number of hydrogen-bond donors (Lipinski definition) is 1. The van der Waals surface area contributed by atoms with Crippen molar-refractivity contribution in [1.82, 2.24) is 4.90 Å². The fraction of sp³-hybridized carbons (Fsp3) is 0.700. The summed E-state index contributed by atoms with van der Waals surface area (Å²) >= 11 is 0. The van der Waals surface area contributed by atoms with Crippen LogP contribution < -0.4 is 0 Å². The van der Waals surface area contributed by atoms with Crippen LogP contribution in [-0.2, 0) is 4.79 Å². The van der Waals surface area contributed by atoms with Gasteiger partial charge in [0.1, 0.15) is 0 Å². The molecule has 2 aliphatic rings. The van der Waals surface area contributed by atoms with Crippen molar-refractivity contribution in [1.29, 1.82) is 0 Å². The number of rotatable bonds is 3. The Hall–Kier alpha value is -0.830. The average molecular weight is 181 g/mol. The zero-order chi connectivity index (χ0) is 9.26. The van der Waals surface area contributed by atoms with Crippen LogP contribution in [0, 0.1) is 5.92 Å². The van der Waals surface area contributed by atoms with Gasteiger partial charge in [-0.05, 0) is 25.2 Å². The molecule has 2 atom stereocenters. The number of hydrogen-bond acceptors (Lipinski definition) is 2. The van der Waals surface area contributed by atoms with Gasteiger partial charge in [0.25, 0.3) is 0 Å². The molecule has 0 amide bonds. The van der Waals surface area contributed by atoms with Gasteiger partial charge in [0, 0.05) is 25.2 Å². The molecule has 2 unspecified atom stereocenters. The van der Waals surface area contributed by atoms with E-state index in [4.69, 9.17) is 5.11 Å². The molecule has 13 heavy (non-hydrogen) atoms. The van der Waals surface area contributed by atoms with E-state index in [0.29, 0.717) is 0 Å². The fourth-order valence-electron chi connectivity index (χ4n) is 2.54. The van der Waals surface area contributed by atoms with E-state index in [0.717, 1.165) is 18.5 Å². The van der Waals surface area contributed by atoms with Gasteiger partial charge < -0.3 is 5.11 Å². The maximum Gasteiger partial charge on any atom is 0.328 e. The van der Waals surface area contributed by atoms with Crippen LogP contribution in [0.2, 0.25) is 0 Å². The second-order valence-corrected chi connectivity index (χ2v) is 4.03. The second-order valence-electron chi connectivity index (χ2n) is 4.03. The zero-order valence-electron chi connectivity index (χ0n) is 7.65. The Morgan fingerprint density at radius 3 is 2.92 bits per heavy atom. The highest BCUT2D eigenvalue weighted by Crippen LogP contribution is 2.36. The molecule has 72 valence electrons. The summed E-state index contributed by atoms with van der Waals surface area (Å²) in [5.41, 5.74) is 0. The monoisotopic (exact) mass is 181 g/mol. The van der Waals surface area contributed by atoms with Crippen LogP contribution in [0.1, 0.15) is 19.3 Å². The van der Waals surface area contributed by atoms with Gasteiger partial charge in [-0.25, -0.2) is 4.79 Å². The third-order valence-electron chi connectivity index (χ3n) is 3.12. The highest BCUT2D eigenvalue weighted by Gasteiger charge is 2.36. The first kappa shape index (κ1) is 8.75. The largest absolute Gasteiger partial charge is 0.478 e. The maximum atomic E-state index is 10.2. The molecule has 0 radical (unpaired) electrons. The summed E-state index contributed by atoms with van der Waals surface area (Å²) in [6.45, 7) is 1.99. The van der Waals surface area contributed by atoms with Gasteiger partial charge in [0.15, 0.2) is 0 Å². The molecule has 2 bridgehead atoms. The van der Waals surface area contributed by atoms with Crippen molar-refractivity contribution < 1.29 is 9.90 Å². The van der Waals surface area contributed by atoms with E-state index in [1.165, 1.54) is 31.9 Å². The number of fused-ring (bicyclic) bond motifs is 2. The molecule has 2 rings (SSSR count). The first-order chi connectivity index (χ1) is 6.25. The van der Waals surface area contributed by atoms with E-state index in [-0.39, 0.29) is 0 Å². The lowest BCUT2D eigenvalue weighted by atomic mass is 10.1. The summed E-state index contributed by atoms with van der Waals surface area (Å²) in [6.07, 6.45) is 7.02. The molecule has 1 saturated carbocycles. The average Bonchev–Trinajstić information content (AvgIpc) is 2.64. The van der Waals surface area contributed by atoms with Gasteiger partial charge in [-0.1, -0.05) is 6.08 Å². The summed E-state index contributed by atoms with van der Waals surface area (Å²) in [7, 11) is 0. The lowest BCUT2D eigenvalue weighted by molar-refractivity contribution is -0.131. The topological polar surface area (TPSA) is 40.5 Å². The standard InChI is InChI=1S/C10H15NO2/c12-10(13)2-1-5-11-7-8-3-4-9(11)6-8/h1-2,8-9H,3-7H2,(H,12,13). The Bertz CT molecular complexity index is 237. The number of aliphatic carboxylic acids is 1. The van der Waals surface area contributed by atoms with Gasteiger partial charge in [-0.15, -0.1) is 0 Å². The van der Waals surface area contributed by atoms with Crippen molar-refractivity contribution >= 4 is 5.97 Å². The first-order valence-electron chi connectivity index (χ1n) is 4.89. The van der Waals surface area contributed by atoms with Crippen LogP contribution in [0.4, 0.5) is 0 Å². The van der Waals surface area contributed by atoms with Crippen molar-refractivity contribution in [2.24, 2.45) is 5.92 Å². The Morgan fingerprint density at radius 2 is 2.38 bits per heavy atom. The van der Waals surface area contributed by atoms with E-state index in [2.05, 4.69) is 4.90 Å². The minimum Gasteiger partial charge on any atom is -0.478 e. The lowest BCUT2D eigenvalue weighted by Crippen LogP contribution is -2.32. The molecule has 1 heterocycles. The van der Waals surface area contributed by atoms with Crippen LogP contribution in [0.3, 0.4) is 0 Å². The molecule has 0 spiro atoms. The van der Waals surface area contributed by atoms with Crippen LogP contribution in [0.5, 0.6) is 0 Å². The lowest BCUT2D eigenvalue weighted by Gasteiger charge is -2.24. The summed E-state index contributed by atoms with van der Waals surface area (Å²) in [4.78, 5) is 12.6. The SMILES string of the molecule is O=C(O)C=CCN1CC2CCC1C2. The molecular weight excluding hydrogens is 166 g/mol. The molecule has 0 aromatic carbocycles. The van der Waals surface area contributed by atoms with Gasteiger partial charge >= 0.3 is 5.97 Å². The van der Waals surface area contributed by atoms with Gasteiger partial charge in [-0.2, -0.15) is 0 Å². The summed E-state index contributed by atoms with van der Waals surface area (Å²) < 4.78 is 0. The summed E-state index contributed by atoms with van der Waals surface area (Å²) in [5, 5.41) is 8.41. The maximum absolute atomic E-state index is 10.2. The van der Waals surface area contributed by atoms with Crippen LogP contribution in [0.25, 0.3) is 0 Å². The quantitative estimate of drug-likeness (QED) is 0.663. The fourth-order valence-corrected chi connectivity index (χ4v) is 2.54. The zero-order valence-corrected chi connectivity index (χ0v) is 7.65. The van der Waals surface area contributed by atoms with Crippen molar-refractivity contribution in [2.45, 2.75) is 25.3 Å². The molecular formula is C10H15NO2. The highest BCUT2D eigenvalue weighted by atomic mass is 16.4. The number of carboxylic acid groups (broad SMARTS) is 1. The Kier molecular flexibility index (Phi) is 2.36. The first-order valence-corrected chi connectivity index (χ1v) is 4.89. The summed E-state index contributed by atoms with van der Waals surface area (Å²) in [6, 6.07) is 0.739. The van der Waals surface area contributed by atoms with E-state index in [9.17, 15) is 4.79 Å². The minimum atomic E-state index is -0.843. The molecule has 0 aromatic heterocycles. The second kappa shape index (κ2) is 3.50. The number of carboxylic acids is 1. The van der Waals surface area contributed by atoms with Crippen molar-refractivity contribution in [3.63, 3.8) is 0 Å². The van der Waals surface area contributed by atoms with Crippen molar-refractivity contribution in [3.8, 4) is 0 Å². The predicted octanol–water partition coefficient (Wildman–Crippen LogP) is 1.11. The van der Waals surface area contributed by atoms with Crippen LogP contribution in [0.15, 0.2) is 12.2 Å². The molecule has 1 saturated heterocycles. The van der Waals surface area contributed by atoms with E-state index < -0.39 is 5.97 Å². The molecule has 3 heteroatoms. The van der Waals surface area contributed by atoms with Crippen molar-refractivity contribution in [3.05, 3.63) is 12.2 Å². The minimum absolute atomic E-state index is 0.739. The Balaban J connectivity index is 1.80. The smallest absolute Gasteiger partial charge is 0.328 e.